The van der Waals surface area contributed by atoms with Crippen molar-refractivity contribution in [2.24, 2.45) is 0 Å². The Balaban J connectivity index is 1.36. The lowest BCUT2D eigenvalue weighted by molar-refractivity contribution is -0.116. The van der Waals surface area contributed by atoms with E-state index in [0.717, 1.165) is 22.2 Å². The van der Waals surface area contributed by atoms with Gasteiger partial charge in [-0.2, -0.15) is 0 Å². The van der Waals surface area contributed by atoms with Gasteiger partial charge in [0.15, 0.2) is 0 Å². The van der Waals surface area contributed by atoms with Crippen LogP contribution in [-0.4, -0.2) is 37.0 Å². The summed E-state index contributed by atoms with van der Waals surface area (Å²) in [4.78, 5) is 27.1. The van der Waals surface area contributed by atoms with Crippen LogP contribution in [0.5, 0.6) is 5.75 Å². The molecule has 2 aromatic carbocycles. The summed E-state index contributed by atoms with van der Waals surface area (Å²) >= 11 is 0. The normalized spacial score (nSPS) is 10.9. The Hall–Kier alpha value is -3.54. The smallest absolute Gasteiger partial charge is 0.267 e. The number of aromatic amines is 1. The molecule has 28 heavy (non-hydrogen) atoms. The van der Waals surface area contributed by atoms with Crippen molar-refractivity contribution < 1.29 is 14.3 Å². The number of hydrogen-bond acceptors (Lipinski definition) is 3. The summed E-state index contributed by atoms with van der Waals surface area (Å²) in [5.41, 5.74) is 2.39. The van der Waals surface area contributed by atoms with E-state index in [4.69, 9.17) is 4.74 Å². The van der Waals surface area contributed by atoms with E-state index >= 15 is 0 Å². The lowest BCUT2D eigenvalue weighted by Crippen LogP contribution is -2.29. The van der Waals surface area contributed by atoms with Gasteiger partial charge >= 0.3 is 0 Å². The summed E-state index contributed by atoms with van der Waals surface area (Å²) in [7, 11) is 1.61. The van der Waals surface area contributed by atoms with Crippen molar-refractivity contribution in [3.63, 3.8) is 0 Å². The topological polar surface area (TPSA) is 83.2 Å². The van der Waals surface area contributed by atoms with Crippen LogP contribution in [0.1, 0.15) is 22.5 Å². The van der Waals surface area contributed by atoms with E-state index in [1.165, 1.54) is 6.08 Å². The fourth-order valence-electron chi connectivity index (χ4n) is 2.74. The quantitative estimate of drug-likeness (QED) is 0.417. The standard InChI is InChI=1S/C22H23N3O3/c1-28-18-10-7-16(8-11-18)9-12-21(26)23-13-4-14-24-22(27)20-15-17-5-2-3-6-19(17)25-20/h2-3,5-12,15,25H,4,13-14H2,1H3,(H,23,26)(H,24,27). The van der Waals surface area contributed by atoms with Crippen LogP contribution in [0.2, 0.25) is 0 Å². The van der Waals surface area contributed by atoms with Gasteiger partial charge in [-0.15, -0.1) is 0 Å². The zero-order valence-electron chi connectivity index (χ0n) is 15.7. The largest absolute Gasteiger partial charge is 0.497 e. The number of carbonyl (C=O) groups is 2. The van der Waals surface area contributed by atoms with Gasteiger partial charge < -0.3 is 20.4 Å². The molecule has 0 aliphatic heterocycles. The van der Waals surface area contributed by atoms with E-state index in [0.29, 0.717) is 25.2 Å². The van der Waals surface area contributed by atoms with Gasteiger partial charge in [0.1, 0.15) is 11.4 Å². The second kappa shape index (κ2) is 9.41. The van der Waals surface area contributed by atoms with Crippen LogP contribution >= 0.6 is 0 Å². The van der Waals surface area contributed by atoms with Gasteiger partial charge in [0.2, 0.25) is 5.91 Å². The molecule has 6 heteroatoms. The SMILES string of the molecule is COc1ccc(C=CC(=O)NCCCNC(=O)c2cc3ccccc3[nH]2)cc1. The molecule has 0 spiro atoms. The van der Waals surface area contributed by atoms with E-state index in [1.807, 2.05) is 54.6 Å². The monoisotopic (exact) mass is 377 g/mol. The molecular formula is C22H23N3O3. The molecule has 3 aromatic rings. The minimum absolute atomic E-state index is 0.151. The second-order valence-electron chi connectivity index (χ2n) is 6.28. The molecule has 0 fully saturated rings. The number of rotatable bonds is 8. The minimum atomic E-state index is -0.169. The third-order valence-electron chi connectivity index (χ3n) is 4.26. The highest BCUT2D eigenvalue weighted by Crippen LogP contribution is 2.14. The zero-order valence-corrected chi connectivity index (χ0v) is 15.7. The maximum Gasteiger partial charge on any atom is 0.267 e. The Morgan fingerprint density at radius 1 is 1.04 bits per heavy atom. The number of nitrogens with one attached hydrogen (secondary N) is 3. The summed E-state index contributed by atoms with van der Waals surface area (Å²) in [6.07, 6.45) is 3.88. The van der Waals surface area contributed by atoms with Crippen molar-refractivity contribution in [1.82, 2.24) is 15.6 Å². The Bertz CT molecular complexity index is 941. The number of ether oxygens (including phenoxy) is 1. The van der Waals surface area contributed by atoms with E-state index in [2.05, 4.69) is 15.6 Å². The van der Waals surface area contributed by atoms with Crippen molar-refractivity contribution in [2.75, 3.05) is 20.2 Å². The third kappa shape index (κ3) is 5.23. The Morgan fingerprint density at radius 2 is 1.79 bits per heavy atom. The van der Waals surface area contributed by atoms with Crippen molar-refractivity contribution in [2.45, 2.75) is 6.42 Å². The summed E-state index contributed by atoms with van der Waals surface area (Å²) in [6.45, 7) is 0.968. The summed E-state index contributed by atoms with van der Waals surface area (Å²) in [6, 6.07) is 17.0. The van der Waals surface area contributed by atoms with Crippen LogP contribution in [0, 0.1) is 0 Å². The molecule has 0 bridgehead atoms. The molecule has 2 amide bonds. The first-order chi connectivity index (χ1) is 13.7. The second-order valence-corrected chi connectivity index (χ2v) is 6.28. The van der Waals surface area contributed by atoms with E-state index in [1.54, 1.807) is 13.2 Å². The van der Waals surface area contributed by atoms with Crippen LogP contribution in [0.4, 0.5) is 0 Å². The number of H-pyrrole nitrogens is 1. The first-order valence-corrected chi connectivity index (χ1v) is 9.11. The van der Waals surface area contributed by atoms with Gasteiger partial charge in [0.05, 0.1) is 7.11 Å². The molecule has 1 heterocycles. The molecule has 3 rings (SSSR count). The third-order valence-corrected chi connectivity index (χ3v) is 4.26. The molecule has 0 saturated carbocycles. The van der Waals surface area contributed by atoms with Crippen LogP contribution in [0.3, 0.4) is 0 Å². The van der Waals surface area contributed by atoms with Crippen molar-refractivity contribution >= 4 is 28.8 Å². The molecule has 0 atom stereocenters. The first-order valence-electron chi connectivity index (χ1n) is 9.11. The van der Waals surface area contributed by atoms with Gasteiger partial charge in [-0.3, -0.25) is 9.59 Å². The molecule has 6 nitrogen and oxygen atoms in total. The molecule has 144 valence electrons. The van der Waals surface area contributed by atoms with Crippen LogP contribution < -0.4 is 15.4 Å². The van der Waals surface area contributed by atoms with Crippen LogP contribution in [0.25, 0.3) is 17.0 Å². The predicted molar refractivity (Wildman–Crippen MR) is 110 cm³/mol. The Labute approximate surface area is 163 Å². The number of para-hydroxylation sites is 1. The lowest BCUT2D eigenvalue weighted by Gasteiger charge is -2.04. The Morgan fingerprint density at radius 3 is 2.54 bits per heavy atom. The molecule has 0 radical (unpaired) electrons. The van der Waals surface area contributed by atoms with E-state index in [-0.39, 0.29) is 11.8 Å². The van der Waals surface area contributed by atoms with E-state index < -0.39 is 0 Å². The van der Waals surface area contributed by atoms with Crippen molar-refractivity contribution in [3.05, 3.63) is 71.9 Å². The average molecular weight is 377 g/mol. The average Bonchev–Trinajstić information content (AvgIpc) is 3.16. The van der Waals surface area contributed by atoms with Gasteiger partial charge in [-0.05, 0) is 42.3 Å². The molecule has 0 aliphatic rings. The number of benzene rings is 2. The molecule has 0 unspecified atom stereocenters. The molecule has 3 N–H and O–H groups in total. The van der Waals surface area contributed by atoms with Crippen LogP contribution in [-0.2, 0) is 4.79 Å². The molecule has 0 saturated heterocycles. The van der Waals surface area contributed by atoms with E-state index in [9.17, 15) is 9.59 Å². The molecule has 1 aromatic heterocycles. The molecule has 0 aliphatic carbocycles. The maximum atomic E-state index is 12.2. The summed E-state index contributed by atoms with van der Waals surface area (Å²) < 4.78 is 5.10. The number of methoxy groups -OCH3 is 1. The van der Waals surface area contributed by atoms with Crippen LogP contribution in [0.15, 0.2) is 60.7 Å². The number of carbonyl (C=O) groups excluding carboxylic acids is 2. The number of hydrogen-bond donors (Lipinski definition) is 3. The number of aromatic nitrogens is 1. The highest BCUT2D eigenvalue weighted by Gasteiger charge is 2.08. The van der Waals surface area contributed by atoms with Gasteiger partial charge in [-0.1, -0.05) is 30.3 Å². The van der Waals surface area contributed by atoms with Gasteiger partial charge in [-0.25, -0.2) is 0 Å². The van der Waals surface area contributed by atoms with Crippen molar-refractivity contribution in [3.8, 4) is 5.75 Å². The van der Waals surface area contributed by atoms with Gasteiger partial charge in [0.25, 0.3) is 5.91 Å². The first kappa shape index (κ1) is 19.2. The summed E-state index contributed by atoms with van der Waals surface area (Å²) in [5.74, 6) is 0.454. The fraction of sp³-hybridized carbons (Fsp3) is 0.182. The highest BCUT2D eigenvalue weighted by molar-refractivity contribution is 5.98. The fourth-order valence-corrected chi connectivity index (χ4v) is 2.74. The Kier molecular flexibility index (Phi) is 6.46. The number of fused-ring (bicyclic) bond motifs is 1. The van der Waals surface area contributed by atoms with Gasteiger partial charge in [0, 0.05) is 30.1 Å². The van der Waals surface area contributed by atoms with Crippen molar-refractivity contribution in [1.29, 1.82) is 0 Å². The highest BCUT2D eigenvalue weighted by atomic mass is 16.5. The summed E-state index contributed by atoms with van der Waals surface area (Å²) in [5, 5.41) is 6.66. The molecular weight excluding hydrogens is 354 g/mol. The zero-order chi connectivity index (χ0) is 19.8. The lowest BCUT2D eigenvalue weighted by atomic mass is 10.2. The predicted octanol–water partition coefficient (Wildman–Crippen LogP) is 3.13. The number of amides is 2. The minimum Gasteiger partial charge on any atom is -0.497 e. The maximum absolute atomic E-state index is 12.2.